The van der Waals surface area contributed by atoms with Crippen LogP contribution in [0, 0.1) is 5.21 Å². The second-order valence-electron chi connectivity index (χ2n) is 5.75. The monoisotopic (exact) mass is 319 g/mol. The Labute approximate surface area is 140 Å². The quantitative estimate of drug-likeness (QED) is 0.274. The van der Waals surface area contributed by atoms with Gasteiger partial charge >= 0.3 is 0 Å². The summed E-state index contributed by atoms with van der Waals surface area (Å²) in [5, 5.41) is 17.7. The van der Waals surface area contributed by atoms with Gasteiger partial charge in [0, 0.05) is 0 Å². The maximum atomic E-state index is 12.7. The number of benzene rings is 3. The number of nitrogens with zero attached hydrogens (tertiary/aromatic N) is 1. The summed E-state index contributed by atoms with van der Waals surface area (Å²) in [4.78, 5) is 0. The van der Waals surface area contributed by atoms with Crippen molar-refractivity contribution in [1.29, 1.82) is 0 Å². The molecule has 23 heavy (non-hydrogen) atoms. The minimum atomic E-state index is -0.353. The summed E-state index contributed by atoms with van der Waals surface area (Å²) in [6.45, 7) is 0.490. The fourth-order valence-electron chi connectivity index (χ4n) is 3.06. The van der Waals surface area contributed by atoms with E-state index >= 15 is 0 Å². The first-order valence-corrected chi connectivity index (χ1v) is 8.66. The molecule has 0 saturated carbocycles. The van der Waals surface area contributed by atoms with Crippen LogP contribution in [0.2, 0.25) is 0 Å². The van der Waals surface area contributed by atoms with Crippen molar-refractivity contribution in [3.8, 4) is 0 Å². The van der Waals surface area contributed by atoms with Gasteiger partial charge in [0.25, 0.3) is 0 Å². The Morgan fingerprint density at radius 3 is 2.17 bits per heavy atom. The molecule has 0 N–H and O–H groups in total. The van der Waals surface area contributed by atoms with Gasteiger partial charge in [-0.15, -0.1) is 0 Å². The number of rotatable bonds is 3. The predicted molar refractivity (Wildman–Crippen MR) is 99.5 cm³/mol. The van der Waals surface area contributed by atoms with Gasteiger partial charge in [-0.25, -0.2) is 0 Å². The van der Waals surface area contributed by atoms with Crippen LogP contribution in [0.25, 0.3) is 21.5 Å². The first-order chi connectivity index (χ1) is 11.3. The molecular weight excluding hydrogens is 302 g/mol. The predicted octanol–water partition coefficient (Wildman–Crippen LogP) is 5.54. The van der Waals surface area contributed by atoms with E-state index in [1.165, 1.54) is 39.1 Å². The number of quaternary nitrogens is 1. The summed E-state index contributed by atoms with van der Waals surface area (Å²) < 4.78 is -0.353. The zero-order chi connectivity index (χ0) is 15.7. The highest BCUT2D eigenvalue weighted by atomic mass is 32.2. The summed E-state index contributed by atoms with van der Waals surface area (Å²) in [7, 11) is 0. The van der Waals surface area contributed by atoms with E-state index in [4.69, 9.17) is 0 Å². The standard InChI is InChI=1S/C20H17NOS/c22-21(12-6-1-7-13-21)23-15-20-18-10-4-2-8-16(18)14-17-9-3-5-11-19(17)20/h1-12,14H,13,15H2. The van der Waals surface area contributed by atoms with Gasteiger partial charge in [0.05, 0.1) is 17.7 Å². The fourth-order valence-corrected chi connectivity index (χ4v) is 4.07. The summed E-state index contributed by atoms with van der Waals surface area (Å²) in [5.41, 5.74) is 1.25. The van der Waals surface area contributed by atoms with E-state index in [1.807, 2.05) is 18.2 Å². The lowest BCUT2D eigenvalue weighted by Crippen LogP contribution is -2.29. The van der Waals surface area contributed by atoms with Crippen molar-refractivity contribution < 1.29 is 4.05 Å². The molecule has 3 aromatic carbocycles. The lowest BCUT2D eigenvalue weighted by molar-refractivity contribution is -0.674. The molecule has 0 bridgehead atoms. The topological polar surface area (TPSA) is 23.1 Å². The molecule has 3 aromatic rings. The number of hydrogen-bond donors (Lipinski definition) is 0. The molecule has 4 rings (SSSR count). The first-order valence-electron chi connectivity index (χ1n) is 7.72. The van der Waals surface area contributed by atoms with Crippen LogP contribution < -0.4 is 0 Å². The largest absolute Gasteiger partial charge is 0.615 e. The van der Waals surface area contributed by atoms with Gasteiger partial charge in [0.15, 0.2) is 0 Å². The van der Waals surface area contributed by atoms with E-state index in [9.17, 15) is 5.21 Å². The molecule has 0 amide bonds. The molecule has 114 valence electrons. The Morgan fingerprint density at radius 1 is 0.913 bits per heavy atom. The average Bonchev–Trinajstić information content (AvgIpc) is 2.59. The van der Waals surface area contributed by atoms with Crippen LogP contribution in [-0.4, -0.2) is 10.6 Å². The van der Waals surface area contributed by atoms with E-state index in [2.05, 4.69) is 54.6 Å². The Morgan fingerprint density at radius 2 is 1.57 bits per heavy atom. The maximum absolute atomic E-state index is 12.7. The third-order valence-electron chi connectivity index (χ3n) is 4.23. The summed E-state index contributed by atoms with van der Waals surface area (Å²) in [6, 6.07) is 19.1. The molecule has 0 aliphatic carbocycles. The normalized spacial score (nSPS) is 20.4. The van der Waals surface area contributed by atoms with Crippen LogP contribution in [0.4, 0.5) is 0 Å². The summed E-state index contributed by atoms with van der Waals surface area (Å²) in [5.74, 6) is 0.698. The molecule has 1 heterocycles. The molecule has 0 saturated heterocycles. The number of allylic oxidation sites excluding steroid dienone is 2. The fraction of sp³-hybridized carbons (Fsp3) is 0.100. The molecular formula is C20H17NOS. The van der Waals surface area contributed by atoms with Crippen molar-refractivity contribution in [2.75, 3.05) is 6.54 Å². The molecule has 1 unspecified atom stereocenters. The van der Waals surface area contributed by atoms with Gasteiger partial charge in [0.1, 0.15) is 12.7 Å². The van der Waals surface area contributed by atoms with Gasteiger partial charge < -0.3 is 5.21 Å². The lowest BCUT2D eigenvalue weighted by atomic mass is 9.98. The van der Waals surface area contributed by atoms with Crippen molar-refractivity contribution in [3.05, 3.63) is 89.8 Å². The van der Waals surface area contributed by atoms with Crippen molar-refractivity contribution in [1.82, 2.24) is 0 Å². The highest BCUT2D eigenvalue weighted by Gasteiger charge is 2.18. The van der Waals surface area contributed by atoms with E-state index < -0.39 is 0 Å². The van der Waals surface area contributed by atoms with Crippen molar-refractivity contribution in [2.24, 2.45) is 0 Å². The first kappa shape index (κ1) is 14.5. The van der Waals surface area contributed by atoms with Crippen LogP contribution in [0.3, 0.4) is 0 Å². The second-order valence-corrected chi connectivity index (χ2v) is 6.91. The van der Waals surface area contributed by atoms with Gasteiger partial charge in [-0.05, 0) is 45.3 Å². The number of hydroxylamine groups is 2. The van der Waals surface area contributed by atoms with Crippen LogP contribution in [0.1, 0.15) is 5.56 Å². The Bertz CT molecular complexity index is 877. The molecule has 2 nitrogen and oxygen atoms in total. The highest BCUT2D eigenvalue weighted by Crippen LogP contribution is 2.35. The van der Waals surface area contributed by atoms with E-state index in [-0.39, 0.29) is 4.05 Å². The maximum Gasteiger partial charge on any atom is 0.112 e. The van der Waals surface area contributed by atoms with Gasteiger partial charge in [-0.2, -0.15) is 0 Å². The molecule has 0 spiro atoms. The van der Waals surface area contributed by atoms with Crippen molar-refractivity contribution >= 4 is 33.5 Å². The van der Waals surface area contributed by atoms with Gasteiger partial charge in [-0.3, -0.25) is 4.05 Å². The zero-order valence-corrected chi connectivity index (χ0v) is 13.5. The second kappa shape index (κ2) is 5.85. The van der Waals surface area contributed by atoms with Crippen LogP contribution in [0.5, 0.6) is 0 Å². The summed E-state index contributed by atoms with van der Waals surface area (Å²) >= 11 is 1.43. The minimum absolute atomic E-state index is 0.353. The zero-order valence-electron chi connectivity index (χ0n) is 12.7. The molecule has 0 fully saturated rings. The van der Waals surface area contributed by atoms with Crippen molar-refractivity contribution in [3.63, 3.8) is 0 Å². The molecule has 0 radical (unpaired) electrons. The average molecular weight is 319 g/mol. The summed E-state index contributed by atoms with van der Waals surface area (Å²) in [6.07, 6.45) is 7.42. The lowest BCUT2D eigenvalue weighted by Gasteiger charge is -2.36. The molecule has 1 aliphatic heterocycles. The van der Waals surface area contributed by atoms with Gasteiger partial charge in [0.2, 0.25) is 0 Å². The van der Waals surface area contributed by atoms with Crippen molar-refractivity contribution in [2.45, 2.75) is 5.75 Å². The smallest absolute Gasteiger partial charge is 0.112 e. The van der Waals surface area contributed by atoms with E-state index in [0.717, 1.165) is 0 Å². The number of hydrogen-bond acceptors (Lipinski definition) is 2. The van der Waals surface area contributed by atoms with E-state index in [1.54, 1.807) is 6.20 Å². The van der Waals surface area contributed by atoms with Crippen LogP contribution >= 0.6 is 11.9 Å². The molecule has 3 heteroatoms. The third-order valence-corrected chi connectivity index (χ3v) is 5.36. The van der Waals surface area contributed by atoms with Crippen LogP contribution in [-0.2, 0) is 5.75 Å². The molecule has 0 aromatic heterocycles. The van der Waals surface area contributed by atoms with Crippen LogP contribution in [0.15, 0.2) is 79.0 Å². The van der Waals surface area contributed by atoms with Gasteiger partial charge in [-0.1, -0.05) is 54.6 Å². The Balaban J connectivity index is 1.80. The third kappa shape index (κ3) is 2.79. The highest BCUT2D eigenvalue weighted by molar-refractivity contribution is 7.93. The SMILES string of the molecule is [O-][N+]1(SCc2c3ccccc3cc3ccccc23)C=CC=CC1. The molecule has 1 atom stereocenters. The van der Waals surface area contributed by atoms with E-state index in [0.29, 0.717) is 12.3 Å². The minimum Gasteiger partial charge on any atom is -0.615 e. The Kier molecular flexibility index (Phi) is 3.69. The Hall–Kier alpha value is -2.07. The molecule has 1 aliphatic rings. The number of fused-ring (bicyclic) bond motifs is 2.